The van der Waals surface area contributed by atoms with E-state index >= 15 is 0 Å². The highest BCUT2D eigenvalue weighted by atomic mass is 16.3. The zero-order valence-electron chi connectivity index (χ0n) is 17.0. The van der Waals surface area contributed by atoms with Gasteiger partial charge in [-0.3, -0.25) is 4.79 Å². The molecule has 0 atom stereocenters. The van der Waals surface area contributed by atoms with E-state index in [-0.39, 0.29) is 11.3 Å². The molecule has 1 aromatic heterocycles. The summed E-state index contributed by atoms with van der Waals surface area (Å²) in [5.74, 6) is 0.184. The maximum atomic E-state index is 13.0. The lowest BCUT2D eigenvalue weighted by Gasteiger charge is -2.14. The number of fused-ring (bicyclic) bond motifs is 3. The molecule has 6 heteroatoms. The fourth-order valence-corrected chi connectivity index (χ4v) is 4.03. The van der Waals surface area contributed by atoms with Gasteiger partial charge in [-0.05, 0) is 76.5 Å². The number of rotatable bonds is 6. The van der Waals surface area contributed by atoms with Gasteiger partial charge < -0.3 is 27.0 Å². The molecule has 0 spiro atoms. The van der Waals surface area contributed by atoms with Crippen molar-refractivity contribution in [2.24, 2.45) is 11.5 Å². The molecule has 0 saturated carbocycles. The minimum atomic E-state index is -0.182. The molecule has 6 nitrogen and oxygen atoms in total. The van der Waals surface area contributed by atoms with Crippen LogP contribution in [0.15, 0.2) is 65.7 Å². The van der Waals surface area contributed by atoms with Crippen molar-refractivity contribution in [3.63, 3.8) is 0 Å². The number of phenols is 1. The summed E-state index contributed by atoms with van der Waals surface area (Å²) in [6, 6.07) is 14.8. The summed E-state index contributed by atoms with van der Waals surface area (Å²) in [6.45, 7) is 0.575. The summed E-state index contributed by atoms with van der Waals surface area (Å²) in [7, 11) is 0. The second-order valence-corrected chi connectivity index (χ2v) is 7.46. The largest absolute Gasteiger partial charge is 0.508 e. The molecule has 0 aliphatic heterocycles. The Labute approximate surface area is 179 Å². The van der Waals surface area contributed by atoms with Crippen LogP contribution in [-0.2, 0) is 6.42 Å². The molecule has 0 amide bonds. The van der Waals surface area contributed by atoms with Crippen LogP contribution in [-0.4, -0.2) is 22.8 Å². The number of H-pyrrole nitrogens is 1. The zero-order valence-corrected chi connectivity index (χ0v) is 17.0. The predicted octanol–water partition coefficient (Wildman–Crippen LogP) is 3.89. The average molecular weight is 412 g/mol. The molecule has 0 unspecified atom stereocenters. The average Bonchev–Trinajstić information content (AvgIpc) is 2.79. The van der Waals surface area contributed by atoms with Gasteiger partial charge in [0.25, 0.3) is 5.56 Å². The first-order valence-electron chi connectivity index (χ1n) is 10.1. The minimum absolute atomic E-state index is 0.182. The van der Waals surface area contributed by atoms with Gasteiger partial charge in [-0.25, -0.2) is 0 Å². The number of hydrogen-bond donors (Lipinski definition) is 5. The molecule has 4 aromatic rings. The Bertz CT molecular complexity index is 1370. The van der Waals surface area contributed by atoms with Gasteiger partial charge in [-0.1, -0.05) is 24.3 Å². The summed E-state index contributed by atoms with van der Waals surface area (Å²) >= 11 is 0. The van der Waals surface area contributed by atoms with E-state index in [1.807, 2.05) is 30.3 Å². The number of aromatic amines is 1. The SMILES string of the molecule is N=C/C(=C\N)c1ccc2c(CCCN)cc3c(-c4ccc(O)cc4)c[nH]c(=O)c3c2c1. The van der Waals surface area contributed by atoms with E-state index in [1.54, 1.807) is 18.3 Å². The standard InChI is InChI=1S/C25H24N4O2/c26-9-1-2-17-11-22-23(15-3-6-19(30)7-4-15)14-29-25(31)24(22)21-10-16(5-8-20(17)21)18(12-27)13-28/h3-8,10-14,27,30H,1-2,9,26,28H2,(H,29,31)/b18-13+,27-12?. The summed E-state index contributed by atoms with van der Waals surface area (Å²) in [4.78, 5) is 15.8. The first-order chi connectivity index (χ1) is 15.1. The highest BCUT2D eigenvalue weighted by Crippen LogP contribution is 2.35. The van der Waals surface area contributed by atoms with Crippen LogP contribution in [0.5, 0.6) is 5.75 Å². The van der Waals surface area contributed by atoms with Crippen molar-refractivity contribution in [1.29, 1.82) is 5.41 Å². The highest BCUT2D eigenvalue weighted by Gasteiger charge is 2.15. The second kappa shape index (κ2) is 8.45. The van der Waals surface area contributed by atoms with Gasteiger partial charge in [0, 0.05) is 29.7 Å². The number of phenolic OH excluding ortho intramolecular Hbond substituents is 1. The van der Waals surface area contributed by atoms with E-state index in [0.29, 0.717) is 17.5 Å². The molecule has 0 fully saturated rings. The topological polar surface area (TPSA) is 129 Å². The second-order valence-electron chi connectivity index (χ2n) is 7.46. The number of hydrogen-bond acceptors (Lipinski definition) is 5. The summed E-state index contributed by atoms with van der Waals surface area (Å²) < 4.78 is 0. The van der Waals surface area contributed by atoms with Gasteiger partial charge in [-0.15, -0.1) is 0 Å². The molecule has 7 N–H and O–H groups in total. The van der Waals surface area contributed by atoms with Gasteiger partial charge in [0.05, 0.1) is 5.39 Å². The smallest absolute Gasteiger partial charge is 0.256 e. The maximum Gasteiger partial charge on any atom is 0.256 e. The van der Waals surface area contributed by atoms with Gasteiger partial charge in [-0.2, -0.15) is 0 Å². The van der Waals surface area contributed by atoms with Gasteiger partial charge in [0.2, 0.25) is 0 Å². The first kappa shape index (κ1) is 20.4. The summed E-state index contributed by atoms with van der Waals surface area (Å²) in [5, 5.41) is 20.5. The number of nitrogens with one attached hydrogen (secondary N) is 2. The Morgan fingerprint density at radius 2 is 1.84 bits per heavy atom. The Hall–Kier alpha value is -3.90. The Morgan fingerprint density at radius 3 is 2.52 bits per heavy atom. The van der Waals surface area contributed by atoms with E-state index in [2.05, 4.69) is 11.1 Å². The molecule has 1 heterocycles. The van der Waals surface area contributed by atoms with Crippen LogP contribution < -0.4 is 17.0 Å². The molecule has 0 bridgehead atoms. The van der Waals surface area contributed by atoms with Crippen LogP contribution in [0.4, 0.5) is 0 Å². The summed E-state index contributed by atoms with van der Waals surface area (Å²) in [6.07, 6.45) is 5.92. The molecule has 0 saturated heterocycles. The molecule has 0 aliphatic carbocycles. The number of pyridine rings is 1. The third kappa shape index (κ3) is 3.69. The van der Waals surface area contributed by atoms with E-state index in [0.717, 1.165) is 51.3 Å². The minimum Gasteiger partial charge on any atom is -0.508 e. The Kier molecular flexibility index (Phi) is 5.56. The van der Waals surface area contributed by atoms with Crippen molar-refractivity contribution < 1.29 is 5.11 Å². The third-order valence-electron chi connectivity index (χ3n) is 5.58. The van der Waals surface area contributed by atoms with Crippen molar-refractivity contribution >= 4 is 33.3 Å². The number of nitrogens with two attached hydrogens (primary N) is 2. The normalized spacial score (nSPS) is 11.8. The van der Waals surface area contributed by atoms with Crippen molar-refractivity contribution in [1.82, 2.24) is 4.98 Å². The molecule has 0 aliphatic rings. The van der Waals surface area contributed by atoms with E-state index in [1.165, 1.54) is 12.4 Å². The number of benzene rings is 3. The molecule has 4 rings (SSSR count). The van der Waals surface area contributed by atoms with Crippen LogP contribution in [0.3, 0.4) is 0 Å². The van der Waals surface area contributed by atoms with E-state index in [4.69, 9.17) is 16.9 Å². The number of aryl methyl sites for hydroxylation is 1. The van der Waals surface area contributed by atoms with Crippen molar-refractivity contribution in [2.45, 2.75) is 12.8 Å². The fraction of sp³-hybridized carbons (Fsp3) is 0.120. The van der Waals surface area contributed by atoms with Crippen molar-refractivity contribution in [3.05, 3.63) is 82.4 Å². The maximum absolute atomic E-state index is 13.0. The predicted molar refractivity (Wildman–Crippen MR) is 127 cm³/mol. The molecular weight excluding hydrogens is 388 g/mol. The van der Waals surface area contributed by atoms with Gasteiger partial charge in [0.15, 0.2) is 0 Å². The van der Waals surface area contributed by atoms with Crippen LogP contribution in [0.2, 0.25) is 0 Å². The molecule has 156 valence electrons. The number of aromatic hydroxyl groups is 1. The number of aromatic nitrogens is 1. The van der Waals surface area contributed by atoms with Gasteiger partial charge >= 0.3 is 0 Å². The first-order valence-corrected chi connectivity index (χ1v) is 10.1. The lowest BCUT2D eigenvalue weighted by Crippen LogP contribution is -2.08. The molecule has 0 radical (unpaired) electrons. The lowest BCUT2D eigenvalue weighted by atomic mass is 9.90. The zero-order chi connectivity index (χ0) is 22.0. The van der Waals surface area contributed by atoms with Crippen LogP contribution in [0.1, 0.15) is 17.5 Å². The van der Waals surface area contributed by atoms with Crippen molar-refractivity contribution in [2.75, 3.05) is 6.54 Å². The monoisotopic (exact) mass is 412 g/mol. The van der Waals surface area contributed by atoms with E-state index in [9.17, 15) is 9.90 Å². The Morgan fingerprint density at radius 1 is 1.06 bits per heavy atom. The quantitative estimate of drug-likeness (QED) is 0.243. The summed E-state index contributed by atoms with van der Waals surface area (Å²) in [5.41, 5.74) is 15.5. The lowest BCUT2D eigenvalue weighted by molar-refractivity contribution is 0.475. The van der Waals surface area contributed by atoms with Crippen LogP contribution in [0.25, 0.3) is 38.2 Å². The fourth-order valence-electron chi connectivity index (χ4n) is 4.03. The molecule has 3 aromatic carbocycles. The Balaban J connectivity index is 2.12. The molecule has 31 heavy (non-hydrogen) atoms. The van der Waals surface area contributed by atoms with Gasteiger partial charge in [0.1, 0.15) is 5.75 Å². The highest BCUT2D eigenvalue weighted by molar-refractivity contribution is 6.15. The van der Waals surface area contributed by atoms with Crippen molar-refractivity contribution in [3.8, 4) is 16.9 Å². The third-order valence-corrected chi connectivity index (χ3v) is 5.58. The van der Waals surface area contributed by atoms with Crippen LogP contribution >= 0.6 is 0 Å². The molecular formula is C25H24N4O2. The van der Waals surface area contributed by atoms with Crippen LogP contribution in [0, 0.1) is 5.41 Å². The van der Waals surface area contributed by atoms with E-state index < -0.39 is 0 Å². The number of allylic oxidation sites excluding steroid dienone is 1.